The van der Waals surface area contributed by atoms with Crippen molar-refractivity contribution in [2.45, 2.75) is 52.2 Å². The van der Waals surface area contributed by atoms with Crippen molar-refractivity contribution in [3.05, 3.63) is 0 Å². The number of hydrogen-bond acceptors (Lipinski definition) is 4. The van der Waals surface area contributed by atoms with Crippen LogP contribution in [-0.4, -0.2) is 47.2 Å². The molecule has 1 aliphatic heterocycles. The lowest BCUT2D eigenvalue weighted by atomic mass is 10.0. The Labute approximate surface area is 109 Å². The normalized spacial score (nSPS) is 17.2. The summed E-state index contributed by atoms with van der Waals surface area (Å²) in [5, 5.41) is 8.81. The van der Waals surface area contributed by atoms with E-state index in [9.17, 15) is 4.79 Å². The van der Waals surface area contributed by atoms with Crippen LogP contribution in [0.3, 0.4) is 0 Å². The fourth-order valence-corrected chi connectivity index (χ4v) is 2.13. The van der Waals surface area contributed by atoms with Gasteiger partial charge in [0.1, 0.15) is 5.60 Å². The Morgan fingerprint density at radius 3 is 2.39 bits per heavy atom. The van der Waals surface area contributed by atoms with E-state index >= 15 is 0 Å². The number of nitrogens with zero attached hydrogens (tertiary/aromatic N) is 3. The summed E-state index contributed by atoms with van der Waals surface area (Å²) in [5.41, 5.74) is -0.460. The SMILES string of the molecule is CCN(C(=O)OC(C)(C)C)C1CCN(C#N)CC1. The van der Waals surface area contributed by atoms with Crippen molar-refractivity contribution in [3.63, 3.8) is 0 Å². The van der Waals surface area contributed by atoms with E-state index in [0.717, 1.165) is 25.9 Å². The first kappa shape index (κ1) is 14.6. The van der Waals surface area contributed by atoms with Gasteiger partial charge in [0.25, 0.3) is 0 Å². The monoisotopic (exact) mass is 253 g/mol. The molecule has 1 rings (SSSR count). The van der Waals surface area contributed by atoms with Crippen molar-refractivity contribution in [3.8, 4) is 6.19 Å². The van der Waals surface area contributed by atoms with Crippen molar-refractivity contribution in [1.82, 2.24) is 9.80 Å². The van der Waals surface area contributed by atoms with Gasteiger partial charge in [-0.2, -0.15) is 5.26 Å². The van der Waals surface area contributed by atoms with Crippen LogP contribution < -0.4 is 0 Å². The standard InChI is InChI=1S/C13H23N3O2/c1-5-16(12(17)18-13(2,3)4)11-6-8-15(10-14)9-7-11/h11H,5-9H2,1-4H3. The number of carbonyl (C=O) groups excluding carboxylic acids is 1. The van der Waals surface area contributed by atoms with E-state index < -0.39 is 5.60 Å². The fourth-order valence-electron chi connectivity index (χ4n) is 2.13. The van der Waals surface area contributed by atoms with E-state index in [4.69, 9.17) is 10.00 Å². The van der Waals surface area contributed by atoms with Gasteiger partial charge in [-0.15, -0.1) is 0 Å². The summed E-state index contributed by atoms with van der Waals surface area (Å²) >= 11 is 0. The predicted molar refractivity (Wildman–Crippen MR) is 68.8 cm³/mol. The number of ether oxygens (including phenoxy) is 1. The minimum absolute atomic E-state index is 0.189. The Balaban J connectivity index is 2.57. The Bertz CT molecular complexity index is 322. The number of carbonyl (C=O) groups is 1. The van der Waals surface area contributed by atoms with Crippen LogP contribution in [0.1, 0.15) is 40.5 Å². The van der Waals surface area contributed by atoms with Gasteiger partial charge in [0.05, 0.1) is 0 Å². The van der Waals surface area contributed by atoms with Gasteiger partial charge in [-0.3, -0.25) is 0 Å². The molecule has 1 aliphatic rings. The van der Waals surface area contributed by atoms with Crippen molar-refractivity contribution in [2.75, 3.05) is 19.6 Å². The van der Waals surface area contributed by atoms with E-state index in [1.807, 2.05) is 27.7 Å². The third kappa shape index (κ3) is 4.10. The number of likely N-dealkylation sites (tertiary alicyclic amines) is 1. The first-order chi connectivity index (χ1) is 8.37. The zero-order valence-electron chi connectivity index (χ0n) is 11.8. The summed E-state index contributed by atoms with van der Waals surface area (Å²) in [6.07, 6.45) is 3.57. The first-order valence-corrected chi connectivity index (χ1v) is 6.51. The maximum Gasteiger partial charge on any atom is 0.410 e. The lowest BCUT2D eigenvalue weighted by molar-refractivity contribution is 0.0117. The smallest absolute Gasteiger partial charge is 0.410 e. The Morgan fingerprint density at radius 1 is 1.44 bits per heavy atom. The van der Waals surface area contributed by atoms with Crippen molar-refractivity contribution < 1.29 is 9.53 Å². The zero-order valence-corrected chi connectivity index (χ0v) is 11.8. The largest absolute Gasteiger partial charge is 0.444 e. The van der Waals surface area contributed by atoms with Crippen LogP contribution in [-0.2, 0) is 4.74 Å². The van der Waals surface area contributed by atoms with Crippen LogP contribution in [0.25, 0.3) is 0 Å². The molecule has 0 aliphatic carbocycles. The molecule has 0 atom stereocenters. The molecule has 0 aromatic heterocycles. The number of rotatable bonds is 2. The molecule has 0 aromatic rings. The zero-order chi connectivity index (χ0) is 13.8. The van der Waals surface area contributed by atoms with Crippen LogP contribution in [0.4, 0.5) is 4.79 Å². The maximum absolute atomic E-state index is 12.1. The van der Waals surface area contributed by atoms with Gasteiger partial charge in [0.15, 0.2) is 6.19 Å². The number of nitriles is 1. The van der Waals surface area contributed by atoms with E-state index in [2.05, 4.69) is 6.19 Å². The third-order valence-corrected chi connectivity index (χ3v) is 3.02. The highest BCUT2D eigenvalue weighted by Crippen LogP contribution is 2.19. The van der Waals surface area contributed by atoms with Gasteiger partial charge in [-0.05, 0) is 40.5 Å². The highest BCUT2D eigenvalue weighted by atomic mass is 16.6. The second kappa shape index (κ2) is 5.94. The summed E-state index contributed by atoms with van der Waals surface area (Å²) in [5.74, 6) is 0. The summed E-state index contributed by atoms with van der Waals surface area (Å²) in [6, 6.07) is 0.189. The minimum Gasteiger partial charge on any atom is -0.444 e. The van der Waals surface area contributed by atoms with Crippen LogP contribution in [0.15, 0.2) is 0 Å². The highest BCUT2D eigenvalue weighted by Gasteiger charge is 2.29. The molecular formula is C13H23N3O2. The molecule has 0 N–H and O–H groups in total. The van der Waals surface area contributed by atoms with E-state index in [1.54, 1.807) is 9.80 Å². The minimum atomic E-state index is -0.460. The van der Waals surface area contributed by atoms with E-state index in [1.165, 1.54) is 0 Å². The Kier molecular flexibility index (Phi) is 4.83. The average Bonchev–Trinajstić information content (AvgIpc) is 2.28. The number of hydrogen-bond donors (Lipinski definition) is 0. The molecule has 0 saturated carbocycles. The maximum atomic E-state index is 12.1. The third-order valence-electron chi connectivity index (χ3n) is 3.02. The molecule has 1 saturated heterocycles. The van der Waals surface area contributed by atoms with Gasteiger partial charge in [0.2, 0.25) is 0 Å². The number of piperidine rings is 1. The Morgan fingerprint density at radius 2 is 2.00 bits per heavy atom. The van der Waals surface area contributed by atoms with E-state index in [-0.39, 0.29) is 12.1 Å². The molecule has 0 unspecified atom stereocenters. The van der Waals surface area contributed by atoms with Crippen molar-refractivity contribution >= 4 is 6.09 Å². The van der Waals surface area contributed by atoms with Gasteiger partial charge < -0.3 is 14.5 Å². The molecule has 18 heavy (non-hydrogen) atoms. The lowest BCUT2D eigenvalue weighted by Gasteiger charge is -2.36. The van der Waals surface area contributed by atoms with Crippen LogP contribution >= 0.6 is 0 Å². The van der Waals surface area contributed by atoms with Crippen LogP contribution in [0.5, 0.6) is 0 Å². The molecule has 0 bridgehead atoms. The summed E-state index contributed by atoms with van der Waals surface area (Å²) in [6.45, 7) is 9.67. The van der Waals surface area contributed by atoms with Gasteiger partial charge in [-0.25, -0.2) is 4.79 Å². The van der Waals surface area contributed by atoms with Gasteiger partial charge in [0, 0.05) is 25.7 Å². The van der Waals surface area contributed by atoms with Crippen LogP contribution in [0.2, 0.25) is 0 Å². The van der Waals surface area contributed by atoms with Crippen molar-refractivity contribution in [1.29, 1.82) is 5.26 Å². The second-order valence-corrected chi connectivity index (χ2v) is 5.58. The quantitative estimate of drug-likeness (QED) is 0.708. The van der Waals surface area contributed by atoms with Crippen molar-refractivity contribution in [2.24, 2.45) is 0 Å². The first-order valence-electron chi connectivity index (χ1n) is 6.51. The average molecular weight is 253 g/mol. The lowest BCUT2D eigenvalue weighted by Crippen LogP contribution is -2.47. The van der Waals surface area contributed by atoms with Gasteiger partial charge >= 0.3 is 6.09 Å². The topological polar surface area (TPSA) is 56.6 Å². The molecule has 0 aromatic carbocycles. The molecule has 0 spiro atoms. The molecule has 1 heterocycles. The van der Waals surface area contributed by atoms with E-state index in [0.29, 0.717) is 6.54 Å². The summed E-state index contributed by atoms with van der Waals surface area (Å²) in [7, 11) is 0. The molecule has 5 nitrogen and oxygen atoms in total. The fraction of sp³-hybridized carbons (Fsp3) is 0.846. The highest BCUT2D eigenvalue weighted by molar-refractivity contribution is 5.68. The second-order valence-electron chi connectivity index (χ2n) is 5.58. The predicted octanol–water partition coefficient (Wildman–Crippen LogP) is 2.19. The van der Waals surface area contributed by atoms with Crippen LogP contribution in [0, 0.1) is 11.5 Å². The molecular weight excluding hydrogens is 230 g/mol. The summed E-state index contributed by atoms with van der Waals surface area (Å²) < 4.78 is 5.41. The number of amides is 1. The molecule has 0 radical (unpaired) electrons. The molecule has 102 valence electrons. The molecule has 1 amide bonds. The molecule has 1 fully saturated rings. The Hall–Kier alpha value is -1.44. The van der Waals surface area contributed by atoms with Gasteiger partial charge in [-0.1, -0.05) is 0 Å². The summed E-state index contributed by atoms with van der Waals surface area (Å²) in [4.78, 5) is 15.6. The molecule has 5 heteroatoms.